The maximum atomic E-state index is 5.41. The number of nitrogens with zero attached hydrogens (tertiary/aromatic N) is 2. The molecule has 3 aromatic rings. The van der Waals surface area contributed by atoms with Crippen LogP contribution in [0.3, 0.4) is 0 Å². The number of nitrogens with one attached hydrogen (secondary N) is 1. The lowest BCUT2D eigenvalue weighted by atomic mass is 10.1. The van der Waals surface area contributed by atoms with E-state index in [4.69, 9.17) is 9.47 Å². The summed E-state index contributed by atoms with van der Waals surface area (Å²) in [7, 11) is 0. The molecule has 100 valence electrons. The lowest BCUT2D eigenvalue weighted by Gasteiger charge is -2.00. The Morgan fingerprint density at radius 3 is 2.75 bits per heavy atom. The second kappa shape index (κ2) is 4.35. The number of aromatic amines is 1. The van der Waals surface area contributed by atoms with Crippen LogP contribution in [0.25, 0.3) is 21.0 Å². The fourth-order valence-electron chi connectivity index (χ4n) is 2.19. The molecular formula is C14H11N3O2S. The summed E-state index contributed by atoms with van der Waals surface area (Å²) in [5.74, 6) is 1.60. The van der Waals surface area contributed by atoms with Crippen LogP contribution in [0, 0.1) is 6.92 Å². The molecule has 0 amide bonds. The molecule has 0 aliphatic carbocycles. The lowest BCUT2D eigenvalue weighted by molar-refractivity contribution is 0.174. The highest BCUT2D eigenvalue weighted by Crippen LogP contribution is 2.39. The molecular weight excluding hydrogens is 274 g/mol. The molecule has 5 nitrogen and oxygen atoms in total. The first-order valence-electron chi connectivity index (χ1n) is 6.19. The number of H-pyrrole nitrogens is 1. The summed E-state index contributed by atoms with van der Waals surface area (Å²) in [6.07, 6.45) is 0. The first-order chi connectivity index (χ1) is 9.81. The molecule has 0 spiro atoms. The zero-order valence-electron chi connectivity index (χ0n) is 10.7. The van der Waals surface area contributed by atoms with Crippen molar-refractivity contribution in [3.8, 4) is 32.5 Å². The summed E-state index contributed by atoms with van der Waals surface area (Å²) >= 11 is 1.68. The first kappa shape index (κ1) is 11.5. The number of ether oxygens (including phenoxy) is 2. The molecule has 1 aliphatic rings. The van der Waals surface area contributed by atoms with Gasteiger partial charge in [-0.15, -0.1) is 11.3 Å². The van der Waals surface area contributed by atoms with Crippen LogP contribution >= 0.6 is 11.3 Å². The summed E-state index contributed by atoms with van der Waals surface area (Å²) in [5, 5.41) is 10.9. The first-order valence-corrected chi connectivity index (χ1v) is 7.00. The second-order valence-electron chi connectivity index (χ2n) is 4.49. The van der Waals surface area contributed by atoms with Crippen molar-refractivity contribution in [3.05, 3.63) is 36.0 Å². The van der Waals surface area contributed by atoms with Gasteiger partial charge in [0.25, 0.3) is 0 Å². The van der Waals surface area contributed by atoms with Crippen LogP contribution in [-0.2, 0) is 0 Å². The summed E-state index contributed by atoms with van der Waals surface area (Å²) in [4.78, 5) is 2.27. The van der Waals surface area contributed by atoms with Crippen molar-refractivity contribution in [2.75, 3.05) is 6.79 Å². The third-order valence-electron chi connectivity index (χ3n) is 3.22. The summed E-state index contributed by atoms with van der Waals surface area (Å²) < 4.78 is 10.7. The van der Waals surface area contributed by atoms with Crippen molar-refractivity contribution < 1.29 is 9.47 Å². The Bertz CT molecular complexity index is 778. The summed E-state index contributed by atoms with van der Waals surface area (Å²) in [5.41, 5.74) is 2.93. The van der Waals surface area contributed by atoms with Gasteiger partial charge in [-0.25, -0.2) is 0 Å². The minimum absolute atomic E-state index is 0.298. The molecule has 0 fully saturated rings. The topological polar surface area (TPSA) is 60.0 Å². The smallest absolute Gasteiger partial charge is 0.231 e. The number of aryl methyl sites for hydroxylation is 1. The molecule has 1 N–H and O–H groups in total. The van der Waals surface area contributed by atoms with Crippen molar-refractivity contribution >= 4 is 11.3 Å². The van der Waals surface area contributed by atoms with Crippen molar-refractivity contribution in [2.24, 2.45) is 0 Å². The monoisotopic (exact) mass is 285 g/mol. The molecule has 6 heteroatoms. The van der Waals surface area contributed by atoms with Crippen LogP contribution in [0.2, 0.25) is 0 Å². The maximum Gasteiger partial charge on any atom is 0.231 e. The van der Waals surface area contributed by atoms with E-state index in [9.17, 15) is 0 Å². The molecule has 4 rings (SSSR count). The molecule has 3 heterocycles. The van der Waals surface area contributed by atoms with E-state index in [-0.39, 0.29) is 0 Å². The molecule has 0 atom stereocenters. The van der Waals surface area contributed by atoms with Gasteiger partial charge in [0.05, 0.1) is 10.6 Å². The van der Waals surface area contributed by atoms with Gasteiger partial charge in [-0.3, -0.25) is 0 Å². The molecule has 0 saturated heterocycles. The zero-order chi connectivity index (χ0) is 13.5. The van der Waals surface area contributed by atoms with Crippen LogP contribution in [0.5, 0.6) is 11.5 Å². The van der Waals surface area contributed by atoms with Gasteiger partial charge < -0.3 is 9.47 Å². The van der Waals surface area contributed by atoms with Crippen molar-refractivity contribution in [3.63, 3.8) is 0 Å². The predicted octanol–water partition coefficient (Wildman–Crippen LogP) is 3.24. The van der Waals surface area contributed by atoms with Crippen LogP contribution in [-0.4, -0.2) is 22.2 Å². The number of benzene rings is 1. The van der Waals surface area contributed by atoms with E-state index in [1.807, 2.05) is 25.1 Å². The lowest BCUT2D eigenvalue weighted by Crippen LogP contribution is -1.92. The Morgan fingerprint density at radius 1 is 1.05 bits per heavy atom. The minimum atomic E-state index is 0.298. The van der Waals surface area contributed by atoms with Crippen molar-refractivity contribution in [2.45, 2.75) is 6.92 Å². The van der Waals surface area contributed by atoms with E-state index in [1.54, 1.807) is 11.3 Å². The predicted molar refractivity (Wildman–Crippen MR) is 76.0 cm³/mol. The number of fused-ring (bicyclic) bond motifs is 1. The number of aromatic nitrogens is 3. The maximum absolute atomic E-state index is 5.41. The van der Waals surface area contributed by atoms with Gasteiger partial charge in [-0.05, 0) is 42.8 Å². The Kier molecular flexibility index (Phi) is 2.50. The fourth-order valence-corrected chi connectivity index (χ4v) is 3.23. The van der Waals surface area contributed by atoms with Gasteiger partial charge in [-0.2, -0.15) is 15.4 Å². The SMILES string of the molecule is Cc1n[nH]nc1-c1ccc(-c2ccc3c(c2)OCO3)s1. The third kappa shape index (κ3) is 1.77. The normalized spacial score (nSPS) is 12.8. The average Bonchev–Trinajstić information content (AvgIpc) is 3.17. The molecule has 0 saturated carbocycles. The molecule has 1 aromatic carbocycles. The quantitative estimate of drug-likeness (QED) is 0.785. The number of thiophene rings is 1. The Morgan fingerprint density at radius 2 is 1.90 bits per heavy atom. The van der Waals surface area contributed by atoms with E-state index in [0.717, 1.165) is 33.3 Å². The van der Waals surface area contributed by atoms with Crippen molar-refractivity contribution in [1.82, 2.24) is 15.4 Å². The van der Waals surface area contributed by atoms with E-state index in [0.29, 0.717) is 6.79 Å². The minimum Gasteiger partial charge on any atom is -0.454 e. The van der Waals surface area contributed by atoms with Crippen LogP contribution < -0.4 is 9.47 Å². The van der Waals surface area contributed by atoms with Crippen molar-refractivity contribution in [1.29, 1.82) is 0 Å². The van der Waals surface area contributed by atoms with Crippen LogP contribution in [0.4, 0.5) is 0 Å². The number of rotatable bonds is 2. The van der Waals surface area contributed by atoms with Gasteiger partial charge in [0, 0.05) is 4.88 Å². The number of hydrogen-bond donors (Lipinski definition) is 1. The van der Waals surface area contributed by atoms with Gasteiger partial charge >= 0.3 is 0 Å². The molecule has 0 radical (unpaired) electrons. The Hall–Kier alpha value is -2.34. The molecule has 2 aromatic heterocycles. The largest absolute Gasteiger partial charge is 0.454 e. The Labute approximate surface area is 119 Å². The summed E-state index contributed by atoms with van der Waals surface area (Å²) in [6.45, 7) is 2.24. The molecule has 0 unspecified atom stereocenters. The highest BCUT2D eigenvalue weighted by Gasteiger charge is 2.15. The van der Waals surface area contributed by atoms with E-state index in [1.165, 1.54) is 4.88 Å². The highest BCUT2D eigenvalue weighted by atomic mass is 32.1. The fraction of sp³-hybridized carbons (Fsp3) is 0.143. The second-order valence-corrected chi connectivity index (χ2v) is 5.57. The summed E-state index contributed by atoms with van der Waals surface area (Å²) in [6, 6.07) is 10.1. The van der Waals surface area contributed by atoms with E-state index < -0.39 is 0 Å². The zero-order valence-corrected chi connectivity index (χ0v) is 11.5. The van der Waals surface area contributed by atoms with Gasteiger partial charge in [-0.1, -0.05) is 0 Å². The van der Waals surface area contributed by atoms with E-state index >= 15 is 0 Å². The number of hydrogen-bond acceptors (Lipinski definition) is 5. The third-order valence-corrected chi connectivity index (χ3v) is 4.36. The Balaban J connectivity index is 1.73. The van der Waals surface area contributed by atoms with E-state index in [2.05, 4.69) is 27.5 Å². The highest BCUT2D eigenvalue weighted by molar-refractivity contribution is 7.18. The molecule has 20 heavy (non-hydrogen) atoms. The standard InChI is InChI=1S/C14H11N3O2S/c1-8-14(16-17-15-8)13-5-4-12(20-13)9-2-3-10-11(6-9)19-7-18-10/h2-6H,7H2,1H3,(H,15,16,17). The average molecular weight is 285 g/mol. The van der Waals surface area contributed by atoms with Gasteiger partial charge in [0.1, 0.15) is 5.69 Å². The van der Waals surface area contributed by atoms with Gasteiger partial charge in [0.15, 0.2) is 11.5 Å². The van der Waals surface area contributed by atoms with Crippen LogP contribution in [0.1, 0.15) is 5.69 Å². The van der Waals surface area contributed by atoms with Gasteiger partial charge in [0.2, 0.25) is 6.79 Å². The van der Waals surface area contributed by atoms with Crippen LogP contribution in [0.15, 0.2) is 30.3 Å². The molecule has 1 aliphatic heterocycles. The molecule has 0 bridgehead atoms.